The van der Waals surface area contributed by atoms with Crippen LogP contribution in [0.1, 0.15) is 28.7 Å². The third-order valence-corrected chi connectivity index (χ3v) is 6.68. The number of urea groups is 1. The largest absolute Gasteiger partial charge is 0.480 e. The Morgan fingerprint density at radius 3 is 2.56 bits per heavy atom. The van der Waals surface area contributed by atoms with Crippen LogP contribution in [0.2, 0.25) is 0 Å². The fourth-order valence-electron chi connectivity index (χ4n) is 4.71. The van der Waals surface area contributed by atoms with Crippen LogP contribution in [0.15, 0.2) is 77.8 Å². The van der Waals surface area contributed by atoms with Gasteiger partial charge in [0.25, 0.3) is 5.91 Å². The number of aliphatic imine (C=N–C) groups is 1. The van der Waals surface area contributed by atoms with Gasteiger partial charge in [-0.3, -0.25) is 4.79 Å². The predicted octanol–water partition coefficient (Wildman–Crippen LogP) is 2.83. The molecule has 1 aliphatic heterocycles. The van der Waals surface area contributed by atoms with Gasteiger partial charge in [-0.2, -0.15) is 0 Å². The molecule has 1 aliphatic carbocycles. The third kappa shape index (κ3) is 3.99. The highest BCUT2D eigenvalue weighted by Gasteiger charge is 2.42. The van der Waals surface area contributed by atoms with Crippen molar-refractivity contribution in [2.75, 3.05) is 17.3 Å². The summed E-state index contributed by atoms with van der Waals surface area (Å²) in [6.07, 6.45) is -0.349. The van der Waals surface area contributed by atoms with Crippen molar-refractivity contribution in [2.24, 2.45) is 10.7 Å². The summed E-state index contributed by atoms with van der Waals surface area (Å²) in [7, 11) is 1.64. The molecular formula is C27H25N5O4. The number of likely N-dealkylation sites (N-methyl/N-ethyl adjacent to an activating group) is 1. The second-order valence-corrected chi connectivity index (χ2v) is 8.91. The van der Waals surface area contributed by atoms with Gasteiger partial charge in [0.05, 0.1) is 11.4 Å². The summed E-state index contributed by atoms with van der Waals surface area (Å²) >= 11 is 0. The van der Waals surface area contributed by atoms with Crippen molar-refractivity contribution in [1.82, 2.24) is 5.32 Å². The van der Waals surface area contributed by atoms with Crippen LogP contribution in [0.4, 0.5) is 16.2 Å². The molecule has 0 saturated heterocycles. The van der Waals surface area contributed by atoms with Crippen molar-refractivity contribution >= 4 is 35.0 Å². The maximum atomic E-state index is 13.3. The van der Waals surface area contributed by atoms with E-state index in [1.54, 1.807) is 25.2 Å². The van der Waals surface area contributed by atoms with E-state index in [2.05, 4.69) is 15.6 Å². The molecule has 0 fully saturated rings. The van der Waals surface area contributed by atoms with Crippen LogP contribution in [0.25, 0.3) is 0 Å². The van der Waals surface area contributed by atoms with Gasteiger partial charge >= 0.3 is 12.0 Å². The molecule has 0 radical (unpaired) electrons. The Hall–Kier alpha value is -4.50. The van der Waals surface area contributed by atoms with Gasteiger partial charge in [0.1, 0.15) is 5.54 Å². The number of aryl methyl sites for hydroxylation is 1. The summed E-state index contributed by atoms with van der Waals surface area (Å²) < 4.78 is 0. The van der Waals surface area contributed by atoms with Gasteiger partial charge < -0.3 is 26.4 Å². The predicted molar refractivity (Wildman–Crippen MR) is 136 cm³/mol. The number of nitrogens with two attached hydrogens (primary N) is 1. The molecule has 3 amide bonds. The molecule has 0 spiro atoms. The maximum Gasteiger partial charge on any atom is 0.328 e. The van der Waals surface area contributed by atoms with Crippen molar-refractivity contribution in [3.05, 3.63) is 95.1 Å². The molecule has 2 atom stereocenters. The van der Waals surface area contributed by atoms with Crippen molar-refractivity contribution in [3.63, 3.8) is 0 Å². The van der Waals surface area contributed by atoms with E-state index in [0.717, 1.165) is 16.7 Å². The minimum Gasteiger partial charge on any atom is -0.480 e. The van der Waals surface area contributed by atoms with Gasteiger partial charge in [-0.15, -0.1) is 0 Å². The zero-order chi connectivity index (χ0) is 25.4. The summed E-state index contributed by atoms with van der Waals surface area (Å²) in [5.74, 6) is -1.51. The van der Waals surface area contributed by atoms with Crippen molar-refractivity contribution in [1.29, 1.82) is 0 Å². The van der Waals surface area contributed by atoms with E-state index in [1.165, 1.54) is 4.90 Å². The number of carboxylic acids is 1. The number of amides is 3. The number of benzodiazepines with no additional fused rings is 1. The van der Waals surface area contributed by atoms with Crippen molar-refractivity contribution < 1.29 is 19.5 Å². The molecule has 36 heavy (non-hydrogen) atoms. The van der Waals surface area contributed by atoms with E-state index in [4.69, 9.17) is 5.73 Å². The smallest absolute Gasteiger partial charge is 0.328 e. The van der Waals surface area contributed by atoms with Crippen LogP contribution < -0.4 is 21.3 Å². The van der Waals surface area contributed by atoms with Gasteiger partial charge in [0, 0.05) is 23.9 Å². The Morgan fingerprint density at radius 1 is 1.08 bits per heavy atom. The van der Waals surface area contributed by atoms with Crippen LogP contribution in [-0.2, 0) is 21.5 Å². The standard InChI is InChI=1S/C27H25N5O4/c1-32-21-10-6-5-9-19(21)22(17-7-3-2-4-8-17)30-23(24(32)33)31-26(36)29-18-12-11-16-13-14-27(28,25(34)35)20(16)15-18/h2-12,15,23H,13-14,28H2,1H3,(H,34,35)(H2,29,31,36). The summed E-state index contributed by atoms with van der Waals surface area (Å²) in [6.45, 7) is 0. The molecule has 3 aromatic rings. The Morgan fingerprint density at radius 2 is 1.81 bits per heavy atom. The van der Waals surface area contributed by atoms with Crippen LogP contribution >= 0.6 is 0 Å². The molecular weight excluding hydrogens is 458 g/mol. The summed E-state index contributed by atoms with van der Waals surface area (Å²) in [5, 5.41) is 14.9. The lowest BCUT2D eigenvalue weighted by Gasteiger charge is -2.22. The minimum atomic E-state index is -1.50. The number of anilines is 2. The summed E-state index contributed by atoms with van der Waals surface area (Å²) in [6, 6.07) is 21.3. The number of fused-ring (bicyclic) bond motifs is 2. The Bertz CT molecular complexity index is 1400. The molecule has 2 unspecified atom stereocenters. The molecule has 182 valence electrons. The highest BCUT2D eigenvalue weighted by atomic mass is 16.4. The minimum absolute atomic E-state index is 0.285. The summed E-state index contributed by atoms with van der Waals surface area (Å²) in [4.78, 5) is 44.1. The number of carbonyl (C=O) groups excluding carboxylic acids is 2. The Kier molecular flexibility index (Phi) is 5.77. The SMILES string of the molecule is CN1C(=O)C(NC(=O)Nc2ccc3c(c2)C(N)(C(=O)O)CC3)N=C(c2ccccc2)c2ccccc21. The molecule has 1 heterocycles. The van der Waals surface area contributed by atoms with Crippen LogP contribution in [0.3, 0.4) is 0 Å². The van der Waals surface area contributed by atoms with E-state index >= 15 is 0 Å². The molecule has 0 bridgehead atoms. The van der Waals surface area contributed by atoms with Crippen LogP contribution in [-0.4, -0.2) is 41.9 Å². The average Bonchev–Trinajstić information content (AvgIpc) is 3.18. The first-order valence-corrected chi connectivity index (χ1v) is 11.5. The first-order chi connectivity index (χ1) is 17.3. The fraction of sp³-hybridized carbons (Fsp3) is 0.185. The first-order valence-electron chi connectivity index (χ1n) is 11.5. The number of para-hydroxylation sites is 1. The normalized spacial score (nSPS) is 20.6. The number of nitrogens with zero attached hydrogens (tertiary/aromatic N) is 2. The lowest BCUT2D eigenvalue weighted by Crippen LogP contribution is -2.47. The van der Waals surface area contributed by atoms with E-state index in [1.807, 2.05) is 54.6 Å². The van der Waals surface area contributed by atoms with Gasteiger partial charge in [-0.25, -0.2) is 14.6 Å². The van der Waals surface area contributed by atoms with Gasteiger partial charge in [0.2, 0.25) is 6.17 Å². The van der Waals surface area contributed by atoms with E-state index in [-0.39, 0.29) is 6.42 Å². The summed E-state index contributed by atoms with van der Waals surface area (Å²) in [5.41, 5.74) is 9.16. The molecule has 5 N–H and O–H groups in total. The number of benzene rings is 3. The molecule has 0 saturated carbocycles. The highest BCUT2D eigenvalue weighted by Crippen LogP contribution is 2.36. The Labute approximate surface area is 207 Å². The van der Waals surface area contributed by atoms with E-state index in [9.17, 15) is 19.5 Å². The van der Waals surface area contributed by atoms with E-state index in [0.29, 0.717) is 29.1 Å². The zero-order valence-corrected chi connectivity index (χ0v) is 19.6. The number of hydrogen-bond donors (Lipinski definition) is 4. The van der Waals surface area contributed by atoms with Gasteiger partial charge in [0.15, 0.2) is 0 Å². The lowest BCUT2D eigenvalue weighted by molar-refractivity contribution is -0.143. The maximum absolute atomic E-state index is 13.3. The molecule has 5 rings (SSSR count). The fourth-order valence-corrected chi connectivity index (χ4v) is 4.71. The topological polar surface area (TPSA) is 137 Å². The van der Waals surface area contributed by atoms with E-state index < -0.39 is 29.6 Å². The molecule has 9 heteroatoms. The molecule has 0 aromatic heterocycles. The zero-order valence-electron chi connectivity index (χ0n) is 19.6. The third-order valence-electron chi connectivity index (χ3n) is 6.68. The van der Waals surface area contributed by atoms with Crippen LogP contribution in [0, 0.1) is 0 Å². The average molecular weight is 484 g/mol. The highest BCUT2D eigenvalue weighted by molar-refractivity contribution is 6.20. The van der Waals surface area contributed by atoms with Gasteiger partial charge in [-0.1, -0.05) is 54.6 Å². The lowest BCUT2D eigenvalue weighted by atomic mass is 9.93. The molecule has 2 aliphatic rings. The number of aliphatic carboxylic acids is 1. The Balaban J connectivity index is 1.44. The van der Waals surface area contributed by atoms with Crippen molar-refractivity contribution in [2.45, 2.75) is 24.5 Å². The number of rotatable bonds is 4. The molecule has 9 nitrogen and oxygen atoms in total. The monoisotopic (exact) mass is 483 g/mol. The quantitative estimate of drug-likeness (QED) is 0.452. The van der Waals surface area contributed by atoms with Crippen molar-refractivity contribution in [3.8, 4) is 0 Å². The molecule has 3 aromatic carbocycles. The number of nitrogens with one attached hydrogen (secondary N) is 2. The number of carboxylic acid groups (broad SMARTS) is 1. The van der Waals surface area contributed by atoms with Crippen LogP contribution in [0.5, 0.6) is 0 Å². The van der Waals surface area contributed by atoms with Gasteiger partial charge in [-0.05, 0) is 42.2 Å². The second kappa shape index (κ2) is 8.94. The number of carbonyl (C=O) groups is 3. The second-order valence-electron chi connectivity index (χ2n) is 8.91. The first kappa shape index (κ1) is 23.3. The number of hydrogen-bond acceptors (Lipinski definition) is 5.